The Bertz CT molecular complexity index is 1280. The summed E-state index contributed by atoms with van der Waals surface area (Å²) in [7, 11) is -2.94. The zero-order valence-electron chi connectivity index (χ0n) is 18.0. The van der Waals surface area contributed by atoms with Crippen LogP contribution in [0.1, 0.15) is 21.7 Å². The second kappa shape index (κ2) is 9.99. The number of esters is 1. The van der Waals surface area contributed by atoms with Crippen LogP contribution in [0.5, 0.6) is 0 Å². The van der Waals surface area contributed by atoms with Crippen molar-refractivity contribution in [1.82, 2.24) is 30.0 Å². The number of rotatable bonds is 7. The lowest BCUT2D eigenvalue weighted by atomic mass is 10.4. The monoisotopic (exact) mass is 471 g/mol. The number of aryl methyl sites for hydroxylation is 2. The van der Waals surface area contributed by atoms with Crippen LogP contribution in [0.4, 0.5) is 10.7 Å². The normalized spacial score (nSPS) is 11.4. The topological polar surface area (TPSA) is 158 Å². The van der Waals surface area contributed by atoms with Gasteiger partial charge in [-0.2, -0.15) is 5.10 Å². The Kier molecular flexibility index (Phi) is 7.13. The lowest BCUT2D eigenvalue weighted by Crippen LogP contribution is -2.25. The lowest BCUT2D eigenvalue weighted by molar-refractivity contribution is 0.0596. The van der Waals surface area contributed by atoms with E-state index in [1.807, 2.05) is 0 Å². The first-order valence-electron chi connectivity index (χ1n) is 9.56. The first kappa shape index (κ1) is 23.5. The van der Waals surface area contributed by atoms with Gasteiger partial charge in [-0.25, -0.2) is 37.6 Å². The van der Waals surface area contributed by atoms with Crippen LogP contribution in [0.3, 0.4) is 0 Å². The van der Waals surface area contributed by atoms with Crippen LogP contribution in [0.25, 0.3) is 5.82 Å². The van der Waals surface area contributed by atoms with Crippen LogP contribution in [-0.4, -0.2) is 58.0 Å². The summed E-state index contributed by atoms with van der Waals surface area (Å²) in [6.45, 7) is 3.53. The summed E-state index contributed by atoms with van der Waals surface area (Å²) < 4.78 is 31.8. The average Bonchev–Trinajstić information content (AvgIpc) is 3.22. The van der Waals surface area contributed by atoms with Crippen molar-refractivity contribution in [3.63, 3.8) is 0 Å². The Labute approximate surface area is 189 Å². The van der Waals surface area contributed by atoms with Gasteiger partial charge in [-0.1, -0.05) is 12.1 Å². The predicted octanol–water partition coefficient (Wildman–Crippen LogP) is 1.57. The fourth-order valence-electron chi connectivity index (χ4n) is 2.84. The highest BCUT2D eigenvalue weighted by Gasteiger charge is 2.29. The second-order valence-corrected chi connectivity index (χ2v) is 8.66. The number of aromatic nitrogens is 5. The molecule has 2 N–H and O–H groups in total. The summed E-state index contributed by atoms with van der Waals surface area (Å²) in [5.74, 6) is -1.06. The van der Waals surface area contributed by atoms with Gasteiger partial charge >= 0.3 is 12.0 Å². The molecule has 12 nitrogen and oxygen atoms in total. The third-order valence-corrected chi connectivity index (χ3v) is 5.76. The van der Waals surface area contributed by atoms with E-state index in [2.05, 4.69) is 35.4 Å². The van der Waals surface area contributed by atoms with E-state index in [1.165, 1.54) is 12.3 Å². The van der Waals surface area contributed by atoms with Gasteiger partial charge in [0.25, 0.3) is 0 Å². The highest BCUT2D eigenvalue weighted by Crippen LogP contribution is 2.21. The fourth-order valence-corrected chi connectivity index (χ4v) is 4.22. The SMILES string of the molecule is COC(=O)c1cnn(-c2ccccn2)c1S(=O)(=O)CC=CNC(=O)Nc1nc(C)cc(C)n1. The molecular formula is C20H21N7O5S. The first-order chi connectivity index (χ1) is 15.7. The lowest BCUT2D eigenvalue weighted by Gasteiger charge is -2.08. The van der Waals surface area contributed by atoms with Gasteiger partial charge in [0, 0.05) is 23.8 Å². The number of carbonyl (C=O) groups is 2. The van der Waals surface area contributed by atoms with Crippen molar-refractivity contribution in [3.05, 3.63) is 65.9 Å². The molecule has 0 aliphatic heterocycles. The molecule has 0 aliphatic rings. The van der Waals surface area contributed by atoms with Crippen molar-refractivity contribution >= 4 is 27.8 Å². The highest BCUT2D eigenvalue weighted by atomic mass is 32.2. The van der Waals surface area contributed by atoms with E-state index < -0.39 is 27.6 Å². The Morgan fingerprint density at radius 3 is 2.55 bits per heavy atom. The minimum atomic E-state index is -4.07. The molecule has 0 unspecified atom stereocenters. The van der Waals surface area contributed by atoms with Crippen LogP contribution in [-0.2, 0) is 14.6 Å². The summed E-state index contributed by atoms with van der Waals surface area (Å²) in [5.41, 5.74) is 1.14. The van der Waals surface area contributed by atoms with Crippen LogP contribution >= 0.6 is 0 Å². The highest BCUT2D eigenvalue weighted by molar-refractivity contribution is 7.91. The van der Waals surface area contributed by atoms with Crippen LogP contribution in [0.2, 0.25) is 0 Å². The number of methoxy groups -OCH3 is 1. The maximum Gasteiger partial charge on any atom is 0.342 e. The number of nitrogens with zero attached hydrogens (tertiary/aromatic N) is 5. The molecule has 0 aromatic carbocycles. The van der Waals surface area contributed by atoms with Crippen LogP contribution < -0.4 is 10.6 Å². The van der Waals surface area contributed by atoms with Crippen LogP contribution in [0.15, 0.2) is 54.0 Å². The molecule has 0 saturated carbocycles. The average molecular weight is 471 g/mol. The van der Waals surface area contributed by atoms with E-state index in [0.717, 1.165) is 24.2 Å². The standard InChI is InChI=1S/C20H21N7O5S/c1-13-11-14(2)25-19(24-13)26-20(29)22-9-6-10-33(30,31)17-15(18(28)32-3)12-23-27(17)16-7-4-5-8-21-16/h4-9,11-12H,10H2,1-3H3,(H2,22,24,25,26,29). The Morgan fingerprint density at radius 1 is 1.18 bits per heavy atom. The minimum absolute atomic E-state index is 0.119. The molecule has 3 heterocycles. The molecule has 172 valence electrons. The van der Waals surface area contributed by atoms with Crippen LogP contribution in [0, 0.1) is 13.8 Å². The molecule has 33 heavy (non-hydrogen) atoms. The van der Waals surface area contributed by atoms with Gasteiger partial charge in [-0.3, -0.25) is 5.32 Å². The number of anilines is 1. The van der Waals surface area contributed by atoms with E-state index >= 15 is 0 Å². The summed E-state index contributed by atoms with van der Waals surface area (Å²) in [6.07, 6.45) is 4.95. The Balaban J connectivity index is 1.76. The molecule has 0 radical (unpaired) electrons. The number of carbonyl (C=O) groups excluding carboxylic acids is 2. The smallest absolute Gasteiger partial charge is 0.342 e. The number of amides is 2. The molecule has 0 bridgehead atoms. The second-order valence-electron chi connectivity index (χ2n) is 6.71. The summed E-state index contributed by atoms with van der Waals surface area (Å²) in [5, 5.41) is 8.46. The van der Waals surface area contributed by atoms with Gasteiger partial charge in [-0.15, -0.1) is 0 Å². The van der Waals surface area contributed by atoms with E-state index in [4.69, 9.17) is 0 Å². The molecule has 0 saturated heterocycles. The maximum atomic E-state index is 13.0. The van der Waals surface area contributed by atoms with Gasteiger partial charge in [0.15, 0.2) is 20.7 Å². The number of urea groups is 1. The largest absolute Gasteiger partial charge is 0.465 e. The number of hydrogen-bond donors (Lipinski definition) is 2. The summed E-state index contributed by atoms with van der Waals surface area (Å²) in [6, 6.07) is 5.96. The number of sulfone groups is 1. The Hall–Kier alpha value is -4.13. The maximum absolute atomic E-state index is 13.0. The van der Waals surface area contributed by atoms with Crippen molar-refractivity contribution in [2.45, 2.75) is 18.9 Å². The zero-order valence-corrected chi connectivity index (χ0v) is 18.8. The predicted molar refractivity (Wildman–Crippen MR) is 118 cm³/mol. The van der Waals surface area contributed by atoms with E-state index in [9.17, 15) is 18.0 Å². The number of ether oxygens (including phenoxy) is 1. The fraction of sp³-hybridized carbons (Fsp3) is 0.200. The van der Waals surface area contributed by atoms with Crippen molar-refractivity contribution in [3.8, 4) is 5.82 Å². The van der Waals surface area contributed by atoms with Crippen molar-refractivity contribution in [1.29, 1.82) is 0 Å². The zero-order chi connectivity index (χ0) is 24.0. The molecule has 0 spiro atoms. The molecule has 13 heteroatoms. The van der Waals surface area contributed by atoms with Gasteiger partial charge in [0.05, 0.1) is 19.1 Å². The summed E-state index contributed by atoms with van der Waals surface area (Å²) >= 11 is 0. The summed E-state index contributed by atoms with van der Waals surface area (Å²) in [4.78, 5) is 36.4. The molecular weight excluding hydrogens is 450 g/mol. The van der Waals surface area contributed by atoms with Crippen molar-refractivity contribution < 1.29 is 22.7 Å². The van der Waals surface area contributed by atoms with Crippen molar-refractivity contribution in [2.75, 3.05) is 18.2 Å². The van der Waals surface area contributed by atoms with Gasteiger partial charge < -0.3 is 10.1 Å². The molecule has 0 fully saturated rings. The van der Waals surface area contributed by atoms with Gasteiger partial charge in [0.2, 0.25) is 5.95 Å². The van der Waals surface area contributed by atoms with E-state index in [1.54, 1.807) is 38.1 Å². The molecule has 0 atom stereocenters. The van der Waals surface area contributed by atoms with E-state index in [-0.39, 0.29) is 22.4 Å². The Morgan fingerprint density at radius 2 is 1.91 bits per heavy atom. The minimum Gasteiger partial charge on any atom is -0.465 e. The quantitative estimate of drug-likeness (QED) is 0.488. The van der Waals surface area contributed by atoms with E-state index in [0.29, 0.717) is 11.4 Å². The molecule has 3 aromatic heterocycles. The molecule has 0 aliphatic carbocycles. The molecule has 3 rings (SSSR count). The van der Waals surface area contributed by atoms with Gasteiger partial charge in [0.1, 0.15) is 5.56 Å². The van der Waals surface area contributed by atoms with Crippen molar-refractivity contribution in [2.24, 2.45) is 0 Å². The molecule has 3 aromatic rings. The molecule has 2 amide bonds. The third-order valence-electron chi connectivity index (χ3n) is 4.15. The number of hydrogen-bond acceptors (Lipinski definition) is 9. The number of pyridine rings is 1. The third kappa shape index (κ3) is 5.77. The van der Waals surface area contributed by atoms with Gasteiger partial charge in [-0.05, 0) is 32.0 Å². The number of nitrogens with one attached hydrogen (secondary N) is 2. The first-order valence-corrected chi connectivity index (χ1v) is 11.2.